The predicted molar refractivity (Wildman–Crippen MR) is 86.5 cm³/mol. The van der Waals surface area contributed by atoms with E-state index in [2.05, 4.69) is 20.4 Å². The van der Waals surface area contributed by atoms with Crippen LogP contribution in [-0.2, 0) is 9.53 Å². The average molecular weight is 336 g/mol. The van der Waals surface area contributed by atoms with Gasteiger partial charge in [0.1, 0.15) is 16.9 Å². The fourth-order valence-corrected chi connectivity index (χ4v) is 3.30. The average Bonchev–Trinajstić information content (AvgIpc) is 3.14. The predicted octanol–water partition coefficient (Wildman–Crippen LogP) is 2.15. The summed E-state index contributed by atoms with van der Waals surface area (Å²) in [4.78, 5) is 18.7. The van der Waals surface area contributed by atoms with Gasteiger partial charge in [-0.1, -0.05) is 5.16 Å². The largest absolute Gasteiger partial charge is 0.368 e. The highest BCUT2D eigenvalue weighted by Gasteiger charge is 2.24. The first-order valence-corrected chi connectivity index (χ1v) is 8.47. The van der Waals surface area contributed by atoms with Gasteiger partial charge in [0.25, 0.3) is 0 Å². The summed E-state index contributed by atoms with van der Waals surface area (Å²) < 4.78 is 10.7. The molecule has 3 heterocycles. The number of morpholine rings is 1. The third-order valence-electron chi connectivity index (χ3n) is 3.61. The summed E-state index contributed by atoms with van der Waals surface area (Å²) in [7, 11) is 0. The van der Waals surface area contributed by atoms with E-state index < -0.39 is 0 Å². The Labute approximate surface area is 138 Å². The second-order valence-electron chi connectivity index (χ2n) is 5.61. The summed E-state index contributed by atoms with van der Waals surface area (Å²) in [5.41, 5.74) is 1.02. The molecular weight excluding hydrogens is 316 g/mol. The van der Waals surface area contributed by atoms with Crippen LogP contribution in [0.4, 0.5) is 5.82 Å². The smallest absolute Gasteiger partial charge is 0.226 e. The van der Waals surface area contributed by atoms with E-state index in [0.717, 1.165) is 23.8 Å². The Bertz CT molecular complexity index is 669. The molecule has 0 radical (unpaired) electrons. The molecule has 2 aromatic rings. The molecule has 0 bridgehead atoms. The standard InChI is InChI=1S/C15H20N4O3S/c1-10-9-23-15(16-10)12-8-19(5-6-21-12)4-3-14(20)17-13-7-11(2)22-18-13/h7,9,12H,3-6,8H2,1-2H3,(H,17,18,20)/t12-/m0/s1. The molecule has 1 atom stereocenters. The lowest BCUT2D eigenvalue weighted by Gasteiger charge is -2.31. The number of nitrogens with one attached hydrogen (secondary N) is 1. The van der Waals surface area contributed by atoms with Crippen LogP contribution in [0.5, 0.6) is 0 Å². The molecular formula is C15H20N4O3S. The van der Waals surface area contributed by atoms with Crippen LogP contribution in [0, 0.1) is 13.8 Å². The Hall–Kier alpha value is -1.77. The lowest BCUT2D eigenvalue weighted by molar-refractivity contribution is -0.117. The maximum Gasteiger partial charge on any atom is 0.226 e. The molecule has 0 saturated carbocycles. The van der Waals surface area contributed by atoms with Gasteiger partial charge in [0.15, 0.2) is 5.82 Å². The third-order valence-corrected chi connectivity index (χ3v) is 4.67. The molecule has 7 nitrogen and oxygen atoms in total. The van der Waals surface area contributed by atoms with E-state index in [0.29, 0.717) is 31.2 Å². The number of amides is 1. The monoisotopic (exact) mass is 336 g/mol. The number of carbonyl (C=O) groups is 1. The molecule has 0 aromatic carbocycles. The molecule has 2 aromatic heterocycles. The molecule has 8 heteroatoms. The number of hydrogen-bond donors (Lipinski definition) is 1. The van der Waals surface area contributed by atoms with E-state index in [-0.39, 0.29) is 12.0 Å². The number of nitrogens with zero attached hydrogens (tertiary/aromatic N) is 3. The summed E-state index contributed by atoms with van der Waals surface area (Å²) in [6, 6.07) is 1.70. The Morgan fingerprint density at radius 2 is 2.39 bits per heavy atom. The lowest BCUT2D eigenvalue weighted by Crippen LogP contribution is -2.39. The number of aryl methyl sites for hydroxylation is 2. The molecule has 124 valence electrons. The van der Waals surface area contributed by atoms with Gasteiger partial charge in [0.05, 0.1) is 6.61 Å². The van der Waals surface area contributed by atoms with Crippen molar-refractivity contribution in [1.82, 2.24) is 15.0 Å². The van der Waals surface area contributed by atoms with Crippen LogP contribution in [0.1, 0.15) is 29.0 Å². The summed E-state index contributed by atoms with van der Waals surface area (Å²) in [5, 5.41) is 9.54. The molecule has 23 heavy (non-hydrogen) atoms. The molecule has 0 spiro atoms. The number of ether oxygens (including phenoxy) is 1. The van der Waals surface area contributed by atoms with Crippen LogP contribution in [0.2, 0.25) is 0 Å². The van der Waals surface area contributed by atoms with Crippen molar-refractivity contribution in [3.8, 4) is 0 Å². The Kier molecular flexibility index (Phi) is 5.04. The molecule has 1 aliphatic rings. The van der Waals surface area contributed by atoms with Gasteiger partial charge in [-0.05, 0) is 13.8 Å². The first kappa shape index (κ1) is 16.1. The second-order valence-corrected chi connectivity index (χ2v) is 6.50. The highest BCUT2D eigenvalue weighted by Crippen LogP contribution is 2.25. The minimum atomic E-state index is -0.0635. The van der Waals surface area contributed by atoms with Crippen molar-refractivity contribution >= 4 is 23.1 Å². The van der Waals surface area contributed by atoms with Crippen LogP contribution in [-0.4, -0.2) is 47.2 Å². The number of rotatable bonds is 5. The molecule has 1 fully saturated rings. The van der Waals surface area contributed by atoms with Gasteiger partial charge in [-0.15, -0.1) is 11.3 Å². The molecule has 1 saturated heterocycles. The highest BCUT2D eigenvalue weighted by molar-refractivity contribution is 7.09. The molecule has 0 aliphatic carbocycles. The Balaban J connectivity index is 1.47. The zero-order valence-electron chi connectivity index (χ0n) is 13.2. The van der Waals surface area contributed by atoms with Gasteiger partial charge in [-0.2, -0.15) is 0 Å². The summed E-state index contributed by atoms with van der Waals surface area (Å²) in [6.07, 6.45) is 0.416. The van der Waals surface area contributed by atoms with Crippen LogP contribution in [0.3, 0.4) is 0 Å². The zero-order chi connectivity index (χ0) is 16.2. The fraction of sp³-hybridized carbons (Fsp3) is 0.533. The number of thiazole rings is 1. The summed E-state index contributed by atoms with van der Waals surface area (Å²) in [6.45, 7) is 6.72. The van der Waals surface area contributed by atoms with Crippen LogP contribution < -0.4 is 5.32 Å². The minimum Gasteiger partial charge on any atom is -0.368 e. The minimum absolute atomic E-state index is 0.00343. The molecule has 0 unspecified atom stereocenters. The van der Waals surface area contributed by atoms with Gasteiger partial charge in [0.2, 0.25) is 5.91 Å². The first-order valence-electron chi connectivity index (χ1n) is 7.59. The van der Waals surface area contributed by atoms with Crippen molar-refractivity contribution in [2.45, 2.75) is 26.4 Å². The van der Waals surface area contributed by atoms with Gasteiger partial charge >= 0.3 is 0 Å². The van der Waals surface area contributed by atoms with Crippen molar-refractivity contribution in [1.29, 1.82) is 0 Å². The van der Waals surface area contributed by atoms with Crippen molar-refractivity contribution in [2.24, 2.45) is 0 Å². The van der Waals surface area contributed by atoms with Crippen LogP contribution in [0.15, 0.2) is 16.0 Å². The molecule has 1 aliphatic heterocycles. The normalized spacial score (nSPS) is 19.0. The van der Waals surface area contributed by atoms with E-state index in [1.807, 2.05) is 12.3 Å². The SMILES string of the molecule is Cc1csc([C@@H]2CN(CCC(=O)Nc3cc(C)on3)CCO2)n1. The van der Waals surface area contributed by atoms with Crippen LogP contribution in [0.25, 0.3) is 0 Å². The number of anilines is 1. The zero-order valence-corrected chi connectivity index (χ0v) is 14.1. The molecule has 1 amide bonds. The highest BCUT2D eigenvalue weighted by atomic mass is 32.1. The molecule has 3 rings (SSSR count). The van der Waals surface area contributed by atoms with Crippen molar-refractivity contribution in [2.75, 3.05) is 31.6 Å². The second kappa shape index (κ2) is 7.20. The molecule has 1 N–H and O–H groups in total. The van der Waals surface area contributed by atoms with E-state index in [4.69, 9.17) is 9.26 Å². The van der Waals surface area contributed by atoms with E-state index >= 15 is 0 Å². The van der Waals surface area contributed by atoms with E-state index in [9.17, 15) is 4.79 Å². The maximum absolute atomic E-state index is 12.0. The van der Waals surface area contributed by atoms with E-state index in [1.54, 1.807) is 24.3 Å². The van der Waals surface area contributed by atoms with Gasteiger partial charge in [0, 0.05) is 43.2 Å². The fourth-order valence-electron chi connectivity index (χ4n) is 2.47. The quantitative estimate of drug-likeness (QED) is 0.901. The van der Waals surface area contributed by atoms with Gasteiger partial charge < -0.3 is 14.6 Å². The van der Waals surface area contributed by atoms with Crippen molar-refractivity contribution < 1.29 is 14.1 Å². The van der Waals surface area contributed by atoms with Gasteiger partial charge in [-0.3, -0.25) is 9.69 Å². The number of carbonyl (C=O) groups excluding carboxylic acids is 1. The summed E-state index contributed by atoms with van der Waals surface area (Å²) in [5.74, 6) is 1.08. The number of aromatic nitrogens is 2. The Morgan fingerprint density at radius 1 is 1.52 bits per heavy atom. The van der Waals surface area contributed by atoms with Gasteiger partial charge in [-0.25, -0.2) is 4.98 Å². The van der Waals surface area contributed by atoms with Crippen LogP contribution >= 0.6 is 11.3 Å². The van der Waals surface area contributed by atoms with Crippen molar-refractivity contribution in [3.63, 3.8) is 0 Å². The third kappa shape index (κ3) is 4.37. The lowest BCUT2D eigenvalue weighted by atomic mass is 10.2. The van der Waals surface area contributed by atoms with Crippen molar-refractivity contribution in [3.05, 3.63) is 27.9 Å². The first-order chi connectivity index (χ1) is 11.1. The Morgan fingerprint density at radius 3 is 3.09 bits per heavy atom. The number of hydrogen-bond acceptors (Lipinski definition) is 7. The topological polar surface area (TPSA) is 80.5 Å². The van der Waals surface area contributed by atoms with E-state index in [1.165, 1.54) is 0 Å². The maximum atomic E-state index is 12.0. The summed E-state index contributed by atoms with van der Waals surface area (Å²) >= 11 is 1.63.